The van der Waals surface area contributed by atoms with Crippen LogP contribution in [0, 0.1) is 5.92 Å². The molecule has 2 amide bonds. The molecule has 6 heteroatoms. The van der Waals surface area contributed by atoms with Gasteiger partial charge in [-0.2, -0.15) is 0 Å². The summed E-state index contributed by atoms with van der Waals surface area (Å²) in [7, 11) is 0. The second kappa shape index (κ2) is 7.42. The van der Waals surface area contributed by atoms with Crippen molar-refractivity contribution in [2.24, 2.45) is 5.92 Å². The van der Waals surface area contributed by atoms with Gasteiger partial charge in [-0.1, -0.05) is 0 Å². The maximum Gasteiger partial charge on any atom is 0.253 e. The van der Waals surface area contributed by atoms with Crippen LogP contribution in [0.2, 0.25) is 0 Å². The number of nitrogens with one attached hydrogen (secondary N) is 1. The Labute approximate surface area is 132 Å². The zero-order valence-corrected chi connectivity index (χ0v) is 13.3. The molecule has 0 radical (unpaired) electrons. The van der Waals surface area contributed by atoms with Crippen LogP contribution in [0.25, 0.3) is 0 Å². The molecule has 3 heterocycles. The Balaban J connectivity index is 1.43. The lowest BCUT2D eigenvalue weighted by Crippen LogP contribution is -2.52. The summed E-state index contributed by atoms with van der Waals surface area (Å²) < 4.78 is 5.55. The molecule has 22 heavy (non-hydrogen) atoms. The van der Waals surface area contributed by atoms with E-state index in [0.717, 1.165) is 58.4 Å². The SMILES string of the molecule is O=C1CCCCN1CC1CCN(C(=O)C2CNCCO2)CC1. The van der Waals surface area contributed by atoms with E-state index in [1.54, 1.807) is 0 Å². The van der Waals surface area contributed by atoms with Gasteiger partial charge in [0, 0.05) is 45.7 Å². The zero-order chi connectivity index (χ0) is 15.4. The first-order valence-corrected chi connectivity index (χ1v) is 8.63. The molecule has 0 aromatic heterocycles. The molecule has 1 N–H and O–H groups in total. The minimum Gasteiger partial charge on any atom is -0.366 e. The zero-order valence-electron chi connectivity index (χ0n) is 13.3. The summed E-state index contributed by atoms with van der Waals surface area (Å²) in [6.45, 7) is 5.46. The molecule has 0 bridgehead atoms. The average Bonchev–Trinajstić information content (AvgIpc) is 2.58. The van der Waals surface area contributed by atoms with Gasteiger partial charge in [-0.3, -0.25) is 9.59 Å². The first-order chi connectivity index (χ1) is 10.7. The van der Waals surface area contributed by atoms with E-state index < -0.39 is 0 Å². The van der Waals surface area contributed by atoms with Crippen LogP contribution in [0.3, 0.4) is 0 Å². The molecule has 0 saturated carbocycles. The summed E-state index contributed by atoms with van der Waals surface area (Å²) in [5, 5.41) is 3.21. The van der Waals surface area contributed by atoms with Crippen molar-refractivity contribution in [1.29, 1.82) is 0 Å². The second-order valence-corrected chi connectivity index (χ2v) is 6.63. The molecule has 124 valence electrons. The van der Waals surface area contributed by atoms with E-state index in [-0.39, 0.29) is 12.0 Å². The Bertz CT molecular complexity index is 401. The van der Waals surface area contributed by atoms with Gasteiger partial charge in [-0.15, -0.1) is 0 Å². The lowest BCUT2D eigenvalue weighted by Gasteiger charge is -2.37. The number of hydrogen-bond donors (Lipinski definition) is 1. The number of likely N-dealkylation sites (tertiary alicyclic amines) is 2. The Morgan fingerprint density at radius 1 is 1.23 bits per heavy atom. The Morgan fingerprint density at radius 2 is 2.05 bits per heavy atom. The minimum atomic E-state index is -0.311. The molecule has 3 aliphatic rings. The van der Waals surface area contributed by atoms with Crippen molar-refractivity contribution in [3.05, 3.63) is 0 Å². The molecule has 0 spiro atoms. The molecular formula is C16H27N3O3. The third kappa shape index (κ3) is 3.79. The Hall–Kier alpha value is -1.14. The van der Waals surface area contributed by atoms with E-state index in [2.05, 4.69) is 5.32 Å². The van der Waals surface area contributed by atoms with Gasteiger partial charge < -0.3 is 19.9 Å². The normalized spacial score (nSPS) is 28.0. The maximum absolute atomic E-state index is 12.4. The van der Waals surface area contributed by atoms with Crippen LogP contribution >= 0.6 is 0 Å². The first-order valence-electron chi connectivity index (χ1n) is 8.63. The monoisotopic (exact) mass is 309 g/mol. The number of ether oxygens (including phenoxy) is 1. The van der Waals surface area contributed by atoms with E-state index in [1.165, 1.54) is 0 Å². The van der Waals surface area contributed by atoms with Gasteiger partial charge in [0.25, 0.3) is 5.91 Å². The van der Waals surface area contributed by atoms with Gasteiger partial charge in [0.15, 0.2) is 0 Å². The van der Waals surface area contributed by atoms with Crippen LogP contribution in [0.5, 0.6) is 0 Å². The second-order valence-electron chi connectivity index (χ2n) is 6.63. The fraction of sp³-hybridized carbons (Fsp3) is 0.875. The fourth-order valence-electron chi connectivity index (χ4n) is 3.63. The van der Waals surface area contributed by atoms with E-state index in [1.807, 2.05) is 9.80 Å². The fourth-order valence-corrected chi connectivity index (χ4v) is 3.63. The van der Waals surface area contributed by atoms with E-state index in [0.29, 0.717) is 31.4 Å². The third-order valence-corrected chi connectivity index (χ3v) is 5.03. The number of amides is 2. The first kappa shape index (κ1) is 15.7. The highest BCUT2D eigenvalue weighted by molar-refractivity contribution is 5.81. The van der Waals surface area contributed by atoms with Gasteiger partial charge in [-0.25, -0.2) is 0 Å². The highest BCUT2D eigenvalue weighted by Gasteiger charge is 2.31. The smallest absolute Gasteiger partial charge is 0.253 e. The van der Waals surface area contributed by atoms with Crippen molar-refractivity contribution in [3.8, 4) is 0 Å². The lowest BCUT2D eigenvalue weighted by molar-refractivity contribution is -0.147. The van der Waals surface area contributed by atoms with E-state index >= 15 is 0 Å². The third-order valence-electron chi connectivity index (χ3n) is 5.03. The van der Waals surface area contributed by atoms with Crippen molar-refractivity contribution < 1.29 is 14.3 Å². The molecule has 3 rings (SSSR count). The van der Waals surface area contributed by atoms with Crippen LogP contribution in [0.15, 0.2) is 0 Å². The van der Waals surface area contributed by atoms with Crippen molar-refractivity contribution in [2.45, 2.75) is 38.2 Å². The van der Waals surface area contributed by atoms with Crippen LogP contribution in [0.1, 0.15) is 32.1 Å². The van der Waals surface area contributed by atoms with Crippen molar-refractivity contribution in [1.82, 2.24) is 15.1 Å². The number of hydrogen-bond acceptors (Lipinski definition) is 4. The van der Waals surface area contributed by atoms with Crippen LogP contribution in [-0.2, 0) is 14.3 Å². The lowest BCUT2D eigenvalue weighted by atomic mass is 9.95. The van der Waals surface area contributed by atoms with Crippen molar-refractivity contribution >= 4 is 11.8 Å². The van der Waals surface area contributed by atoms with Gasteiger partial charge in [0.2, 0.25) is 5.91 Å². The molecule has 6 nitrogen and oxygen atoms in total. The number of carbonyl (C=O) groups excluding carboxylic acids is 2. The number of carbonyl (C=O) groups is 2. The number of nitrogens with zero attached hydrogens (tertiary/aromatic N) is 2. The van der Waals surface area contributed by atoms with Gasteiger partial charge >= 0.3 is 0 Å². The average molecular weight is 309 g/mol. The van der Waals surface area contributed by atoms with Gasteiger partial charge in [0.1, 0.15) is 6.10 Å². The minimum absolute atomic E-state index is 0.125. The summed E-state index contributed by atoms with van der Waals surface area (Å²) in [5.74, 6) is 0.975. The molecule has 0 aromatic carbocycles. The van der Waals surface area contributed by atoms with Crippen LogP contribution in [-0.4, -0.2) is 73.6 Å². The van der Waals surface area contributed by atoms with Crippen molar-refractivity contribution in [2.75, 3.05) is 45.9 Å². The topological polar surface area (TPSA) is 61.9 Å². The number of morpholine rings is 1. The highest BCUT2D eigenvalue weighted by atomic mass is 16.5. The standard InChI is InChI=1S/C16H27N3O3/c20-15-3-1-2-7-19(15)12-13-4-8-18(9-5-13)16(21)14-11-17-6-10-22-14/h13-14,17H,1-12H2. The molecule has 3 fully saturated rings. The Morgan fingerprint density at radius 3 is 2.73 bits per heavy atom. The number of rotatable bonds is 3. The summed E-state index contributed by atoms with van der Waals surface area (Å²) in [6, 6.07) is 0. The molecule has 3 saturated heterocycles. The number of piperidine rings is 2. The van der Waals surface area contributed by atoms with Gasteiger partial charge in [0.05, 0.1) is 6.61 Å². The molecule has 1 atom stereocenters. The molecule has 0 aromatic rings. The largest absolute Gasteiger partial charge is 0.366 e. The van der Waals surface area contributed by atoms with E-state index in [4.69, 9.17) is 4.74 Å². The summed E-state index contributed by atoms with van der Waals surface area (Å²) in [4.78, 5) is 28.2. The maximum atomic E-state index is 12.4. The quantitative estimate of drug-likeness (QED) is 0.810. The Kier molecular flexibility index (Phi) is 5.31. The van der Waals surface area contributed by atoms with Crippen LogP contribution in [0.4, 0.5) is 0 Å². The molecule has 0 aliphatic carbocycles. The summed E-state index contributed by atoms with van der Waals surface area (Å²) >= 11 is 0. The predicted octanol–water partition coefficient (Wildman–Crippen LogP) is 0.226. The molecule has 3 aliphatic heterocycles. The highest BCUT2D eigenvalue weighted by Crippen LogP contribution is 2.22. The summed E-state index contributed by atoms with van der Waals surface area (Å²) in [6.07, 6.45) is 4.57. The predicted molar refractivity (Wildman–Crippen MR) is 82.3 cm³/mol. The molecular weight excluding hydrogens is 282 g/mol. The van der Waals surface area contributed by atoms with Crippen molar-refractivity contribution in [3.63, 3.8) is 0 Å². The van der Waals surface area contributed by atoms with Crippen LogP contribution < -0.4 is 5.32 Å². The van der Waals surface area contributed by atoms with E-state index in [9.17, 15) is 9.59 Å². The van der Waals surface area contributed by atoms with Gasteiger partial charge in [-0.05, 0) is 31.6 Å². The summed E-state index contributed by atoms with van der Waals surface area (Å²) in [5.41, 5.74) is 0. The molecule has 1 unspecified atom stereocenters.